The predicted molar refractivity (Wildman–Crippen MR) is 163 cm³/mol. The van der Waals surface area contributed by atoms with Gasteiger partial charge < -0.3 is 21.1 Å². The fourth-order valence-electron chi connectivity index (χ4n) is 8.27. The maximum Gasteiger partial charge on any atom is 0.223 e. The van der Waals surface area contributed by atoms with Crippen LogP contribution in [0, 0.1) is 29.6 Å². The Morgan fingerprint density at radius 3 is 1.83 bits per heavy atom. The van der Waals surface area contributed by atoms with E-state index in [9.17, 15) is 14.4 Å². The Morgan fingerprint density at radius 1 is 0.634 bits per heavy atom. The molecular formula is C34H59N3O4. The molecule has 0 saturated heterocycles. The first-order valence-corrected chi connectivity index (χ1v) is 17.5. The lowest BCUT2D eigenvalue weighted by Gasteiger charge is -2.30. The topological polar surface area (TPSA) is 111 Å². The molecule has 2 amide bonds. The molecule has 7 heteroatoms. The molecule has 4 N–H and O–H groups in total. The van der Waals surface area contributed by atoms with Crippen LogP contribution in [0.25, 0.3) is 0 Å². The maximum absolute atomic E-state index is 13.3. The molecule has 4 atom stereocenters. The van der Waals surface area contributed by atoms with E-state index in [1.807, 2.05) is 0 Å². The number of hydrogen-bond donors (Lipinski definition) is 3. The third kappa shape index (κ3) is 10.3. The Bertz CT molecular complexity index is 802. The van der Waals surface area contributed by atoms with Gasteiger partial charge in [0, 0.05) is 42.8 Å². The number of carbonyl (C=O) groups excluding carboxylic acids is 3. The lowest BCUT2D eigenvalue weighted by Crippen LogP contribution is -2.49. The molecule has 0 aliphatic heterocycles. The van der Waals surface area contributed by atoms with Gasteiger partial charge in [-0.2, -0.15) is 0 Å². The Labute approximate surface area is 249 Å². The summed E-state index contributed by atoms with van der Waals surface area (Å²) in [4.78, 5) is 38.6. The van der Waals surface area contributed by atoms with Crippen LogP contribution in [0.4, 0.5) is 0 Å². The number of ether oxygens (including phenoxy) is 1. The lowest BCUT2D eigenvalue weighted by atomic mass is 9.75. The molecule has 4 saturated carbocycles. The highest BCUT2D eigenvalue weighted by Crippen LogP contribution is 2.38. The number of nitrogens with one attached hydrogen (secondary N) is 2. The zero-order valence-corrected chi connectivity index (χ0v) is 25.7. The number of Topliss-reactive ketones (excluding diaryl/α,β-unsaturated/α-hetero) is 1. The van der Waals surface area contributed by atoms with E-state index in [1.165, 1.54) is 83.5 Å². The highest BCUT2D eigenvalue weighted by atomic mass is 16.5. The molecule has 234 valence electrons. The van der Waals surface area contributed by atoms with Gasteiger partial charge in [0.2, 0.25) is 11.8 Å². The van der Waals surface area contributed by atoms with Crippen molar-refractivity contribution in [1.82, 2.24) is 10.6 Å². The van der Waals surface area contributed by atoms with Crippen LogP contribution in [-0.4, -0.2) is 49.4 Å². The van der Waals surface area contributed by atoms with Crippen molar-refractivity contribution in [2.75, 3.05) is 19.8 Å². The highest BCUT2D eigenvalue weighted by molar-refractivity contribution is 5.84. The lowest BCUT2D eigenvalue weighted by molar-refractivity contribution is -0.132. The molecule has 4 rings (SSSR count). The third-order valence-corrected chi connectivity index (χ3v) is 10.8. The first-order valence-electron chi connectivity index (χ1n) is 17.5. The number of hydrogen-bond acceptors (Lipinski definition) is 5. The molecule has 0 spiro atoms. The molecule has 41 heavy (non-hydrogen) atoms. The summed E-state index contributed by atoms with van der Waals surface area (Å²) in [5, 5.41) is 6.25. The summed E-state index contributed by atoms with van der Waals surface area (Å²) < 4.78 is 5.68. The van der Waals surface area contributed by atoms with Crippen molar-refractivity contribution in [2.45, 2.75) is 147 Å². The molecule has 3 unspecified atom stereocenters. The fourth-order valence-corrected chi connectivity index (χ4v) is 8.27. The smallest absolute Gasteiger partial charge is 0.223 e. The third-order valence-electron chi connectivity index (χ3n) is 10.8. The van der Waals surface area contributed by atoms with Crippen molar-refractivity contribution in [2.24, 2.45) is 35.3 Å². The minimum absolute atomic E-state index is 0.00149. The highest BCUT2D eigenvalue weighted by Gasteiger charge is 2.41. The summed E-state index contributed by atoms with van der Waals surface area (Å²) in [6.07, 6.45) is 23.3. The normalized spacial score (nSPS) is 32.2. The summed E-state index contributed by atoms with van der Waals surface area (Å²) in [5.74, 6) is 2.04. The molecular weight excluding hydrogens is 514 g/mol. The van der Waals surface area contributed by atoms with E-state index in [1.54, 1.807) is 0 Å². The second kappa shape index (κ2) is 17.6. The monoisotopic (exact) mass is 573 g/mol. The number of fused-ring (bicyclic) bond motifs is 2. The molecule has 2 bridgehead atoms. The van der Waals surface area contributed by atoms with E-state index in [0.717, 1.165) is 44.9 Å². The van der Waals surface area contributed by atoms with Crippen LogP contribution in [0.2, 0.25) is 0 Å². The SMILES string of the molecule is NC1C(NC(=O)CCOCCNC(=O)C2CCC(C(=O)C3CCCCCCCCC3)CC2)C2CCCCCC[C@@H]1C2. The Kier molecular flexibility index (Phi) is 13.9. The number of carbonyl (C=O) groups is 3. The van der Waals surface area contributed by atoms with Gasteiger partial charge in [-0.05, 0) is 69.6 Å². The molecule has 4 fully saturated rings. The van der Waals surface area contributed by atoms with E-state index < -0.39 is 0 Å². The molecule has 4 aliphatic rings. The van der Waals surface area contributed by atoms with E-state index in [0.29, 0.717) is 43.8 Å². The zero-order chi connectivity index (χ0) is 28.9. The first kappa shape index (κ1) is 32.4. The minimum atomic E-state index is 0.00149. The molecule has 4 aliphatic carbocycles. The molecule has 0 radical (unpaired) electrons. The van der Waals surface area contributed by atoms with Crippen LogP contribution in [0.5, 0.6) is 0 Å². The minimum Gasteiger partial charge on any atom is -0.379 e. The molecule has 7 nitrogen and oxygen atoms in total. The molecule has 0 heterocycles. The maximum atomic E-state index is 13.3. The Balaban J connectivity index is 1.06. The van der Waals surface area contributed by atoms with E-state index in [4.69, 9.17) is 10.5 Å². The average Bonchev–Trinajstić information content (AvgIpc) is 3.34. The quantitative estimate of drug-likeness (QED) is 0.285. The van der Waals surface area contributed by atoms with Crippen molar-refractivity contribution < 1.29 is 19.1 Å². The largest absolute Gasteiger partial charge is 0.379 e. The van der Waals surface area contributed by atoms with Crippen molar-refractivity contribution in [3.63, 3.8) is 0 Å². The zero-order valence-electron chi connectivity index (χ0n) is 25.7. The second-order valence-electron chi connectivity index (χ2n) is 13.8. The Morgan fingerprint density at radius 2 is 1.17 bits per heavy atom. The van der Waals surface area contributed by atoms with Gasteiger partial charge in [-0.3, -0.25) is 14.4 Å². The van der Waals surface area contributed by atoms with Crippen molar-refractivity contribution in [1.29, 1.82) is 0 Å². The number of amides is 2. The van der Waals surface area contributed by atoms with Crippen LogP contribution in [0.15, 0.2) is 0 Å². The number of rotatable bonds is 10. The number of ketones is 1. The van der Waals surface area contributed by atoms with Gasteiger partial charge in [0.1, 0.15) is 5.78 Å². The van der Waals surface area contributed by atoms with Crippen LogP contribution in [0.1, 0.15) is 135 Å². The van der Waals surface area contributed by atoms with Gasteiger partial charge in [-0.15, -0.1) is 0 Å². The van der Waals surface area contributed by atoms with Crippen LogP contribution >= 0.6 is 0 Å². The van der Waals surface area contributed by atoms with Gasteiger partial charge in [0.25, 0.3) is 0 Å². The van der Waals surface area contributed by atoms with Crippen molar-refractivity contribution in [3.05, 3.63) is 0 Å². The van der Waals surface area contributed by atoms with E-state index in [2.05, 4.69) is 10.6 Å². The summed E-state index contributed by atoms with van der Waals surface area (Å²) in [6.45, 7) is 1.22. The fraction of sp³-hybridized carbons (Fsp3) is 0.912. The van der Waals surface area contributed by atoms with Crippen LogP contribution < -0.4 is 16.4 Å². The van der Waals surface area contributed by atoms with Gasteiger partial charge in [0.05, 0.1) is 13.2 Å². The van der Waals surface area contributed by atoms with Gasteiger partial charge in [0.15, 0.2) is 0 Å². The summed E-state index contributed by atoms with van der Waals surface area (Å²) >= 11 is 0. The van der Waals surface area contributed by atoms with Gasteiger partial charge >= 0.3 is 0 Å². The van der Waals surface area contributed by atoms with Crippen molar-refractivity contribution in [3.8, 4) is 0 Å². The van der Waals surface area contributed by atoms with Gasteiger partial charge in [-0.1, -0.05) is 70.6 Å². The average molecular weight is 574 g/mol. The summed E-state index contributed by atoms with van der Waals surface area (Å²) in [5.41, 5.74) is 6.56. The van der Waals surface area contributed by atoms with E-state index in [-0.39, 0.29) is 41.7 Å². The van der Waals surface area contributed by atoms with Crippen LogP contribution in [-0.2, 0) is 19.1 Å². The second-order valence-corrected chi connectivity index (χ2v) is 13.8. The molecule has 0 aromatic carbocycles. The van der Waals surface area contributed by atoms with Crippen molar-refractivity contribution >= 4 is 17.6 Å². The van der Waals surface area contributed by atoms with E-state index >= 15 is 0 Å². The standard InChI is InChI=1S/C34H59N3O4/c35-31-28-14-10-6-7-11-15-29(24-28)32(31)37-30(38)20-22-41-23-21-36-34(40)27-18-16-26(17-19-27)33(39)25-12-8-4-2-1-3-5-9-13-25/h25-29,31-32H,1-24,35H2,(H,36,40)(H,37,38)/t26?,27?,28-,29?,31?,32?/m1/s1. The first-order chi connectivity index (χ1) is 20.0. The molecule has 0 aromatic heterocycles. The molecule has 0 aromatic rings. The van der Waals surface area contributed by atoms with Gasteiger partial charge in [-0.25, -0.2) is 0 Å². The van der Waals surface area contributed by atoms with Crippen LogP contribution in [0.3, 0.4) is 0 Å². The summed E-state index contributed by atoms with van der Waals surface area (Å²) in [6, 6.07) is 0.170. The predicted octanol–water partition coefficient (Wildman–Crippen LogP) is 5.83. The number of nitrogens with two attached hydrogens (primary N) is 1. The Hall–Kier alpha value is -1.47. The summed E-state index contributed by atoms with van der Waals surface area (Å²) in [7, 11) is 0.